The van der Waals surface area contributed by atoms with Gasteiger partial charge in [0.05, 0.1) is 0 Å². The molecule has 2 nitrogen and oxygen atoms in total. The fourth-order valence-corrected chi connectivity index (χ4v) is 1.49. The van der Waals surface area contributed by atoms with E-state index < -0.39 is 0 Å². The molecule has 0 aliphatic heterocycles. The van der Waals surface area contributed by atoms with Crippen molar-refractivity contribution in [3.05, 3.63) is 29.8 Å². The number of hydrogen-bond donors (Lipinski definition) is 0. The molecule has 82 valence electrons. The number of hydrogen-bond acceptors (Lipinski definition) is 2. The summed E-state index contributed by atoms with van der Waals surface area (Å²) >= 11 is 0. The Kier molecular flexibility index (Phi) is 3.89. The Hall–Kier alpha value is -1.31. The molecule has 0 unspecified atom stereocenters. The van der Waals surface area contributed by atoms with Crippen molar-refractivity contribution in [1.29, 1.82) is 0 Å². The second kappa shape index (κ2) is 4.96. The third kappa shape index (κ3) is 2.58. The van der Waals surface area contributed by atoms with E-state index >= 15 is 0 Å². The van der Waals surface area contributed by atoms with Gasteiger partial charge in [0, 0.05) is 30.8 Å². The van der Waals surface area contributed by atoms with Crippen LogP contribution in [0.1, 0.15) is 37.6 Å². The molecule has 1 aromatic carbocycles. The normalized spacial score (nSPS) is 10.5. The molecule has 0 radical (unpaired) electrons. The van der Waals surface area contributed by atoms with Crippen LogP contribution in [0.3, 0.4) is 0 Å². The summed E-state index contributed by atoms with van der Waals surface area (Å²) in [5.74, 6) is 0.207. The average molecular weight is 205 g/mol. The third-order valence-corrected chi connectivity index (χ3v) is 2.68. The van der Waals surface area contributed by atoms with E-state index in [0.29, 0.717) is 12.5 Å². The first kappa shape index (κ1) is 11.8. The zero-order valence-corrected chi connectivity index (χ0v) is 9.95. The van der Waals surface area contributed by atoms with E-state index in [2.05, 4.69) is 18.7 Å². The van der Waals surface area contributed by atoms with Gasteiger partial charge in [-0.05, 0) is 26.0 Å². The predicted molar refractivity (Wildman–Crippen MR) is 64.6 cm³/mol. The van der Waals surface area contributed by atoms with Crippen LogP contribution < -0.4 is 4.90 Å². The van der Waals surface area contributed by atoms with Gasteiger partial charge in [-0.15, -0.1) is 0 Å². The van der Waals surface area contributed by atoms with E-state index in [9.17, 15) is 4.79 Å². The lowest BCUT2D eigenvalue weighted by atomic mass is 10.1. The highest BCUT2D eigenvalue weighted by Crippen LogP contribution is 2.22. The van der Waals surface area contributed by atoms with E-state index in [1.54, 1.807) is 0 Å². The number of benzene rings is 1. The Morgan fingerprint density at radius 2 is 1.93 bits per heavy atom. The van der Waals surface area contributed by atoms with Crippen LogP contribution in [0.5, 0.6) is 0 Å². The van der Waals surface area contributed by atoms with E-state index in [1.807, 2.05) is 38.2 Å². The summed E-state index contributed by atoms with van der Waals surface area (Å²) in [6.45, 7) is 6.13. The summed E-state index contributed by atoms with van der Waals surface area (Å²) in [6, 6.07) is 8.19. The first-order valence-corrected chi connectivity index (χ1v) is 5.43. The van der Waals surface area contributed by atoms with Crippen molar-refractivity contribution in [2.75, 3.05) is 11.9 Å². The van der Waals surface area contributed by atoms with Crippen LogP contribution in [0.25, 0.3) is 0 Å². The SMILES string of the molecule is CCC(=O)c1ccccc1N(C)C(C)C. The Morgan fingerprint density at radius 1 is 1.33 bits per heavy atom. The van der Waals surface area contributed by atoms with Crippen molar-refractivity contribution in [2.45, 2.75) is 33.2 Å². The summed E-state index contributed by atoms with van der Waals surface area (Å²) in [4.78, 5) is 13.9. The van der Waals surface area contributed by atoms with Crippen molar-refractivity contribution >= 4 is 11.5 Å². The minimum absolute atomic E-state index is 0.207. The molecule has 0 N–H and O–H groups in total. The lowest BCUT2D eigenvalue weighted by molar-refractivity contribution is 0.0988. The van der Waals surface area contributed by atoms with Crippen LogP contribution in [0.4, 0.5) is 5.69 Å². The Labute approximate surface area is 91.9 Å². The topological polar surface area (TPSA) is 20.3 Å². The molecular weight excluding hydrogens is 186 g/mol. The van der Waals surface area contributed by atoms with Crippen LogP contribution in [-0.4, -0.2) is 18.9 Å². The molecule has 0 spiro atoms. The van der Waals surface area contributed by atoms with Gasteiger partial charge in [-0.3, -0.25) is 4.79 Å². The summed E-state index contributed by atoms with van der Waals surface area (Å²) in [5, 5.41) is 0. The van der Waals surface area contributed by atoms with E-state index in [4.69, 9.17) is 0 Å². The summed E-state index contributed by atoms with van der Waals surface area (Å²) in [5.41, 5.74) is 1.86. The second-order valence-corrected chi connectivity index (χ2v) is 4.00. The van der Waals surface area contributed by atoms with Gasteiger partial charge in [0.15, 0.2) is 5.78 Å². The molecule has 0 saturated carbocycles. The van der Waals surface area contributed by atoms with Crippen LogP contribution in [0, 0.1) is 0 Å². The maximum Gasteiger partial charge on any atom is 0.164 e. The number of carbonyl (C=O) groups is 1. The van der Waals surface area contributed by atoms with E-state index in [1.165, 1.54) is 0 Å². The molecule has 1 aromatic rings. The summed E-state index contributed by atoms with van der Waals surface area (Å²) in [7, 11) is 2.02. The first-order valence-electron chi connectivity index (χ1n) is 5.43. The Morgan fingerprint density at radius 3 is 2.47 bits per heavy atom. The lowest BCUT2D eigenvalue weighted by Crippen LogP contribution is -2.27. The highest BCUT2D eigenvalue weighted by molar-refractivity contribution is 6.01. The molecule has 0 atom stereocenters. The third-order valence-electron chi connectivity index (χ3n) is 2.68. The number of ketones is 1. The highest BCUT2D eigenvalue weighted by Gasteiger charge is 2.13. The Bertz CT molecular complexity index is 344. The maximum atomic E-state index is 11.7. The molecule has 0 heterocycles. The highest BCUT2D eigenvalue weighted by atomic mass is 16.1. The molecule has 0 aliphatic carbocycles. The molecule has 0 amide bonds. The average Bonchev–Trinajstić information content (AvgIpc) is 2.27. The molecule has 0 saturated heterocycles. The fraction of sp³-hybridized carbons (Fsp3) is 0.462. The van der Waals surface area contributed by atoms with Crippen LogP contribution in [0.15, 0.2) is 24.3 Å². The van der Waals surface area contributed by atoms with Gasteiger partial charge in [0.25, 0.3) is 0 Å². The van der Waals surface area contributed by atoms with E-state index in [0.717, 1.165) is 11.3 Å². The van der Waals surface area contributed by atoms with Gasteiger partial charge in [-0.1, -0.05) is 19.1 Å². The predicted octanol–water partition coefficient (Wildman–Crippen LogP) is 3.12. The van der Waals surface area contributed by atoms with Crippen LogP contribution >= 0.6 is 0 Å². The van der Waals surface area contributed by atoms with E-state index in [-0.39, 0.29) is 5.78 Å². The quantitative estimate of drug-likeness (QED) is 0.704. The van der Waals surface area contributed by atoms with Gasteiger partial charge in [-0.25, -0.2) is 0 Å². The molecule has 2 heteroatoms. The zero-order chi connectivity index (χ0) is 11.4. The zero-order valence-electron chi connectivity index (χ0n) is 9.95. The van der Waals surface area contributed by atoms with Crippen molar-refractivity contribution in [1.82, 2.24) is 0 Å². The molecule has 0 aromatic heterocycles. The van der Waals surface area contributed by atoms with Crippen molar-refractivity contribution in [2.24, 2.45) is 0 Å². The van der Waals surface area contributed by atoms with Crippen LogP contribution in [0.2, 0.25) is 0 Å². The summed E-state index contributed by atoms with van der Waals surface area (Å²) in [6.07, 6.45) is 0.558. The number of rotatable bonds is 4. The first-order chi connectivity index (χ1) is 7.07. The number of carbonyl (C=O) groups excluding carboxylic acids is 1. The van der Waals surface area contributed by atoms with Crippen molar-refractivity contribution in [3.8, 4) is 0 Å². The summed E-state index contributed by atoms with van der Waals surface area (Å²) < 4.78 is 0. The molecule has 0 aliphatic rings. The minimum atomic E-state index is 0.207. The number of para-hydroxylation sites is 1. The van der Waals surface area contributed by atoms with Gasteiger partial charge in [-0.2, -0.15) is 0 Å². The molecule has 15 heavy (non-hydrogen) atoms. The number of anilines is 1. The lowest BCUT2D eigenvalue weighted by Gasteiger charge is -2.25. The van der Waals surface area contributed by atoms with Gasteiger partial charge in [0.2, 0.25) is 0 Å². The number of nitrogens with zero attached hydrogens (tertiary/aromatic N) is 1. The van der Waals surface area contributed by atoms with Crippen molar-refractivity contribution in [3.63, 3.8) is 0 Å². The molecule has 1 rings (SSSR count). The van der Waals surface area contributed by atoms with Gasteiger partial charge < -0.3 is 4.90 Å². The molecule has 0 bridgehead atoms. The molecule has 0 fully saturated rings. The minimum Gasteiger partial charge on any atom is -0.372 e. The van der Waals surface area contributed by atoms with Gasteiger partial charge >= 0.3 is 0 Å². The largest absolute Gasteiger partial charge is 0.372 e. The van der Waals surface area contributed by atoms with Gasteiger partial charge in [0.1, 0.15) is 0 Å². The monoisotopic (exact) mass is 205 g/mol. The standard InChI is InChI=1S/C13H19NO/c1-5-13(15)11-8-6-7-9-12(11)14(4)10(2)3/h6-10H,5H2,1-4H3. The smallest absolute Gasteiger partial charge is 0.164 e. The van der Waals surface area contributed by atoms with Crippen LogP contribution in [-0.2, 0) is 0 Å². The Balaban J connectivity index is 3.11. The van der Waals surface area contributed by atoms with Crippen molar-refractivity contribution < 1.29 is 4.79 Å². The number of Topliss-reactive ketones (excluding diaryl/α,β-unsaturated/α-hetero) is 1. The maximum absolute atomic E-state index is 11.7. The fourth-order valence-electron chi connectivity index (χ4n) is 1.49. The second-order valence-electron chi connectivity index (χ2n) is 4.00. The molecular formula is C13H19NO.